The first-order valence-corrected chi connectivity index (χ1v) is 16.4. The number of fused-ring (bicyclic) bond motifs is 5. The molecule has 1 amide bonds. The number of carbonyl (C=O) groups excluding carboxylic acids is 2. The summed E-state index contributed by atoms with van der Waals surface area (Å²) in [6, 6.07) is 3.15. The summed E-state index contributed by atoms with van der Waals surface area (Å²) in [5.41, 5.74) is -0.198. The van der Waals surface area contributed by atoms with Gasteiger partial charge in [0.15, 0.2) is 11.6 Å². The van der Waals surface area contributed by atoms with Gasteiger partial charge in [-0.15, -0.1) is 0 Å². The summed E-state index contributed by atoms with van der Waals surface area (Å²) < 4.78 is 29.8. The highest BCUT2D eigenvalue weighted by atomic mass is 35.5. The maximum Gasteiger partial charge on any atom is 0.323 e. The van der Waals surface area contributed by atoms with Gasteiger partial charge in [0.25, 0.3) is 0 Å². The van der Waals surface area contributed by atoms with E-state index in [1.807, 2.05) is 63.9 Å². The van der Waals surface area contributed by atoms with Crippen molar-refractivity contribution in [2.45, 2.75) is 95.7 Å². The summed E-state index contributed by atoms with van der Waals surface area (Å²) in [7, 11) is 6.53. The number of aliphatic hydroxyl groups is 1. The molecule has 12 heteroatoms. The quantitative estimate of drug-likeness (QED) is 0.332. The molecule has 3 aliphatic heterocycles. The standard InChI is InChI=1S/C35H50ClN3O8/c1-11-38(7)22(4)33(41)46-29-18-30(40)39(8)25-16-24(17-26(43-9)31(25)36)15-20(2)13-12-14-28(44-10)35(42)19-27(45-23(5)37-35)21(3)32-34(29,6)47-32/h12-14,16-17,21-22,27-29,32,37,42H,5,11,15,18-19H2,1-4,6-10H3/b14-12+,20-13+. The van der Waals surface area contributed by atoms with Crippen molar-refractivity contribution >= 4 is 29.2 Å². The fourth-order valence-corrected chi connectivity index (χ4v) is 6.72. The van der Waals surface area contributed by atoms with E-state index in [9.17, 15) is 14.7 Å². The second kappa shape index (κ2) is 14.6. The zero-order valence-electron chi connectivity index (χ0n) is 29.0. The van der Waals surface area contributed by atoms with Gasteiger partial charge in [0.2, 0.25) is 5.91 Å². The Kier molecular flexibility index (Phi) is 11.4. The predicted octanol–water partition coefficient (Wildman–Crippen LogP) is 4.36. The monoisotopic (exact) mass is 675 g/mol. The smallest absolute Gasteiger partial charge is 0.323 e. The van der Waals surface area contributed by atoms with Gasteiger partial charge in [-0.05, 0) is 65.1 Å². The number of hydrogen-bond acceptors (Lipinski definition) is 10. The van der Waals surface area contributed by atoms with E-state index in [2.05, 4.69) is 11.9 Å². The highest BCUT2D eigenvalue weighted by Crippen LogP contribution is 2.49. The Morgan fingerprint density at radius 1 is 1.34 bits per heavy atom. The minimum atomic E-state index is -1.53. The minimum absolute atomic E-state index is 0.156. The van der Waals surface area contributed by atoms with Gasteiger partial charge in [0.05, 0.1) is 25.3 Å². The van der Waals surface area contributed by atoms with Crippen molar-refractivity contribution in [2.24, 2.45) is 5.92 Å². The summed E-state index contributed by atoms with van der Waals surface area (Å²) in [5.74, 6) is -0.445. The minimum Gasteiger partial charge on any atom is -0.495 e. The maximum absolute atomic E-state index is 14.0. The second-order valence-corrected chi connectivity index (χ2v) is 13.5. The van der Waals surface area contributed by atoms with E-state index in [1.165, 1.54) is 19.1 Å². The predicted molar refractivity (Wildman–Crippen MR) is 180 cm³/mol. The molecule has 47 heavy (non-hydrogen) atoms. The normalized spacial score (nSPS) is 33.9. The Labute approximate surface area is 283 Å². The van der Waals surface area contributed by atoms with Crippen LogP contribution in [0.5, 0.6) is 5.75 Å². The van der Waals surface area contributed by atoms with Gasteiger partial charge >= 0.3 is 5.97 Å². The van der Waals surface area contributed by atoms with Gasteiger partial charge in [0, 0.05) is 26.5 Å². The molecule has 3 aliphatic rings. The van der Waals surface area contributed by atoms with Crippen LogP contribution in [0.15, 0.2) is 48.4 Å². The number of esters is 1. The number of halogens is 1. The number of methoxy groups -OCH3 is 2. The lowest BCUT2D eigenvalue weighted by Crippen LogP contribution is -2.60. The maximum atomic E-state index is 14.0. The number of rotatable bonds is 6. The van der Waals surface area contributed by atoms with Gasteiger partial charge < -0.3 is 39.0 Å². The Morgan fingerprint density at radius 2 is 2.04 bits per heavy atom. The summed E-state index contributed by atoms with van der Waals surface area (Å²) in [4.78, 5) is 30.7. The number of hydrogen-bond donors (Lipinski definition) is 2. The number of amides is 1. The number of likely N-dealkylation sites (N-methyl/N-ethyl adjacent to an activating group) is 1. The molecule has 0 saturated carbocycles. The zero-order valence-corrected chi connectivity index (χ0v) is 29.7. The average molecular weight is 676 g/mol. The third kappa shape index (κ3) is 7.81. The van der Waals surface area contributed by atoms with E-state index in [1.54, 1.807) is 20.0 Å². The molecule has 8 atom stereocenters. The summed E-state index contributed by atoms with van der Waals surface area (Å²) in [6.07, 6.45) is 3.43. The molecule has 2 fully saturated rings. The second-order valence-electron chi connectivity index (χ2n) is 13.1. The van der Waals surface area contributed by atoms with Crippen LogP contribution in [0.4, 0.5) is 5.69 Å². The van der Waals surface area contributed by atoms with Gasteiger partial charge in [-0.25, -0.2) is 0 Å². The van der Waals surface area contributed by atoms with Gasteiger partial charge in [-0.3, -0.25) is 14.5 Å². The molecular weight excluding hydrogens is 626 g/mol. The molecule has 0 aromatic heterocycles. The highest BCUT2D eigenvalue weighted by molar-refractivity contribution is 6.35. The number of nitrogens with zero attached hydrogens (tertiary/aromatic N) is 2. The zero-order chi connectivity index (χ0) is 34.8. The van der Waals surface area contributed by atoms with E-state index < -0.39 is 47.8 Å². The molecule has 0 aliphatic carbocycles. The fourth-order valence-electron chi connectivity index (χ4n) is 6.41. The SMILES string of the molecule is C=C1NC2(O)CC(O1)C(C)C1OC1(C)C(OC(=O)C(C)N(C)CC)CC(=O)N(C)c1cc(cc(OC)c1Cl)C/C(C)=C/C=C/C2OC. The van der Waals surface area contributed by atoms with Crippen molar-refractivity contribution in [3.63, 3.8) is 0 Å². The molecule has 260 valence electrons. The van der Waals surface area contributed by atoms with Crippen LogP contribution in [-0.4, -0.2) is 98.5 Å². The lowest BCUT2D eigenvalue weighted by Gasteiger charge is -2.44. The molecule has 3 heterocycles. The van der Waals surface area contributed by atoms with E-state index in [0.29, 0.717) is 29.4 Å². The molecule has 2 N–H and O–H groups in total. The molecule has 4 bridgehead atoms. The molecule has 0 spiro atoms. The lowest BCUT2D eigenvalue weighted by atomic mass is 9.83. The number of ether oxygens (including phenoxy) is 5. The number of nitrogens with one attached hydrogen (secondary N) is 1. The van der Waals surface area contributed by atoms with E-state index in [0.717, 1.165) is 11.1 Å². The topological polar surface area (TPSA) is 122 Å². The number of carbonyl (C=O) groups is 2. The van der Waals surface area contributed by atoms with Crippen LogP contribution in [0.3, 0.4) is 0 Å². The summed E-state index contributed by atoms with van der Waals surface area (Å²) in [5, 5.41) is 15.1. The van der Waals surface area contributed by atoms with Crippen molar-refractivity contribution in [2.75, 3.05) is 39.8 Å². The van der Waals surface area contributed by atoms with Crippen LogP contribution in [0, 0.1) is 5.92 Å². The van der Waals surface area contributed by atoms with Crippen LogP contribution in [-0.2, 0) is 35.0 Å². The van der Waals surface area contributed by atoms with Crippen molar-refractivity contribution in [1.82, 2.24) is 10.2 Å². The Balaban J connectivity index is 1.79. The molecule has 0 radical (unpaired) electrons. The van der Waals surface area contributed by atoms with Gasteiger partial charge in [-0.1, -0.05) is 49.2 Å². The first kappa shape index (κ1) is 36.7. The van der Waals surface area contributed by atoms with E-state index >= 15 is 0 Å². The lowest BCUT2D eigenvalue weighted by molar-refractivity contribution is -0.159. The average Bonchev–Trinajstić information content (AvgIpc) is 3.73. The molecule has 11 nitrogen and oxygen atoms in total. The van der Waals surface area contributed by atoms with Crippen molar-refractivity contribution in [1.29, 1.82) is 0 Å². The van der Waals surface area contributed by atoms with Crippen LogP contribution in [0.1, 0.15) is 53.0 Å². The third-order valence-corrected chi connectivity index (χ3v) is 10.2. The van der Waals surface area contributed by atoms with Crippen molar-refractivity contribution in [3.05, 3.63) is 59.0 Å². The van der Waals surface area contributed by atoms with Crippen LogP contribution < -0.4 is 15.0 Å². The van der Waals surface area contributed by atoms with Crippen molar-refractivity contribution < 1.29 is 38.4 Å². The molecule has 2 saturated heterocycles. The van der Waals surface area contributed by atoms with Crippen molar-refractivity contribution in [3.8, 4) is 5.75 Å². The fraction of sp³-hybridized carbons (Fsp3) is 0.600. The van der Waals surface area contributed by atoms with Crippen LogP contribution in [0.2, 0.25) is 5.02 Å². The first-order valence-electron chi connectivity index (χ1n) is 16.0. The number of anilines is 1. The molecule has 1 aromatic carbocycles. The first-order chi connectivity index (χ1) is 22.1. The Morgan fingerprint density at radius 3 is 2.68 bits per heavy atom. The van der Waals surface area contributed by atoms with Gasteiger partial charge in [0.1, 0.15) is 40.7 Å². The van der Waals surface area contributed by atoms with Crippen LogP contribution in [0.25, 0.3) is 0 Å². The molecule has 4 rings (SSSR count). The van der Waals surface area contributed by atoms with E-state index in [-0.39, 0.29) is 30.5 Å². The highest BCUT2D eigenvalue weighted by Gasteiger charge is 2.64. The number of allylic oxidation sites excluding steroid dienone is 3. The summed E-state index contributed by atoms with van der Waals surface area (Å²) in [6.45, 7) is 14.1. The van der Waals surface area contributed by atoms with Gasteiger partial charge in [-0.2, -0.15) is 0 Å². The molecule has 8 unspecified atom stereocenters. The number of benzene rings is 1. The largest absolute Gasteiger partial charge is 0.495 e. The molecular formula is C35H50ClN3O8. The molecule has 1 aromatic rings. The van der Waals surface area contributed by atoms with E-state index in [4.69, 9.17) is 35.3 Å². The Hall–Kier alpha value is -3.09. The van der Waals surface area contributed by atoms with Crippen LogP contribution >= 0.6 is 11.6 Å². The Bertz CT molecular complexity index is 1420. The third-order valence-electron chi connectivity index (χ3n) is 9.78. The summed E-state index contributed by atoms with van der Waals surface area (Å²) >= 11 is 6.75. The number of epoxide rings is 1.